The van der Waals surface area contributed by atoms with Crippen molar-refractivity contribution in [3.05, 3.63) is 22.2 Å². The van der Waals surface area contributed by atoms with Crippen LogP contribution < -0.4 is 5.32 Å². The van der Waals surface area contributed by atoms with Gasteiger partial charge < -0.3 is 19.9 Å². The Morgan fingerprint density at radius 3 is 2.92 bits per heavy atom. The third-order valence-corrected chi connectivity index (χ3v) is 5.93. The zero-order chi connectivity index (χ0) is 17.1. The molecule has 2 amide bonds. The van der Waals surface area contributed by atoms with E-state index in [1.165, 1.54) is 11.3 Å². The molecule has 0 bridgehead atoms. The smallest absolute Gasteiger partial charge is 0.271 e. The van der Waals surface area contributed by atoms with Crippen LogP contribution >= 0.6 is 22.9 Å². The summed E-state index contributed by atoms with van der Waals surface area (Å²) in [4.78, 5) is 26.4. The number of carbonyl (C=O) groups is 2. The Balaban J connectivity index is 1.43. The Morgan fingerprint density at radius 1 is 1.46 bits per heavy atom. The van der Waals surface area contributed by atoms with E-state index in [2.05, 4.69) is 5.32 Å². The predicted molar refractivity (Wildman–Crippen MR) is 92.5 cm³/mol. The van der Waals surface area contributed by atoms with Gasteiger partial charge in [0.15, 0.2) is 0 Å². The van der Waals surface area contributed by atoms with Gasteiger partial charge in [0, 0.05) is 19.1 Å². The molecule has 0 atom stereocenters. The van der Waals surface area contributed by atoms with Gasteiger partial charge in [-0.1, -0.05) is 11.6 Å². The molecule has 3 heterocycles. The average Bonchev–Trinajstić information content (AvgIpc) is 2.96. The van der Waals surface area contributed by atoms with E-state index in [0.717, 1.165) is 10.2 Å². The number of fused-ring (bicyclic) bond motifs is 3. The van der Waals surface area contributed by atoms with E-state index in [1.807, 2.05) is 16.7 Å². The second-order valence-corrected chi connectivity index (χ2v) is 8.59. The molecule has 0 saturated heterocycles. The van der Waals surface area contributed by atoms with Crippen molar-refractivity contribution in [3.63, 3.8) is 0 Å². The van der Waals surface area contributed by atoms with Crippen molar-refractivity contribution in [1.82, 2.24) is 14.8 Å². The Labute approximate surface area is 148 Å². The molecule has 0 aromatic carbocycles. The monoisotopic (exact) mass is 367 g/mol. The van der Waals surface area contributed by atoms with Gasteiger partial charge in [-0.05, 0) is 31.9 Å². The van der Waals surface area contributed by atoms with Gasteiger partial charge in [0.25, 0.3) is 5.91 Å². The molecule has 0 spiro atoms. The molecular weight excluding hydrogens is 350 g/mol. The van der Waals surface area contributed by atoms with Crippen LogP contribution in [0.5, 0.6) is 0 Å². The lowest BCUT2D eigenvalue weighted by Crippen LogP contribution is -2.55. The topological polar surface area (TPSA) is 74.6 Å². The molecule has 0 radical (unpaired) electrons. The second-order valence-electron chi connectivity index (χ2n) is 6.88. The van der Waals surface area contributed by atoms with Gasteiger partial charge in [0.2, 0.25) is 5.91 Å². The van der Waals surface area contributed by atoms with E-state index in [4.69, 9.17) is 11.6 Å². The summed E-state index contributed by atoms with van der Waals surface area (Å²) in [5.74, 6) is -0.301. The summed E-state index contributed by atoms with van der Waals surface area (Å²) in [6.45, 7) is 2.97. The highest BCUT2D eigenvalue weighted by Gasteiger charge is 2.39. The van der Waals surface area contributed by atoms with Crippen LogP contribution in [-0.2, 0) is 11.3 Å². The molecule has 1 saturated carbocycles. The number of halogens is 1. The maximum Gasteiger partial charge on any atom is 0.271 e. The van der Waals surface area contributed by atoms with Crippen molar-refractivity contribution in [3.8, 4) is 0 Å². The number of nitrogens with one attached hydrogen (secondary N) is 1. The highest BCUT2D eigenvalue weighted by Crippen LogP contribution is 2.34. The van der Waals surface area contributed by atoms with Crippen LogP contribution in [0.4, 0.5) is 0 Å². The zero-order valence-electron chi connectivity index (χ0n) is 13.2. The molecule has 2 aliphatic rings. The van der Waals surface area contributed by atoms with Gasteiger partial charge in [-0.3, -0.25) is 9.59 Å². The van der Waals surface area contributed by atoms with E-state index < -0.39 is 5.60 Å². The highest BCUT2D eigenvalue weighted by molar-refractivity contribution is 7.22. The van der Waals surface area contributed by atoms with Crippen molar-refractivity contribution >= 4 is 45.0 Å². The first kappa shape index (κ1) is 15.9. The lowest BCUT2D eigenvalue weighted by Gasteiger charge is -2.41. The molecule has 2 aromatic heterocycles. The minimum atomic E-state index is -0.674. The lowest BCUT2D eigenvalue weighted by molar-refractivity contribution is -0.125. The highest BCUT2D eigenvalue weighted by atomic mass is 35.5. The van der Waals surface area contributed by atoms with E-state index in [-0.39, 0.29) is 24.4 Å². The van der Waals surface area contributed by atoms with Crippen LogP contribution in [0.3, 0.4) is 0 Å². The average molecular weight is 368 g/mol. The summed E-state index contributed by atoms with van der Waals surface area (Å²) in [5, 5.41) is 12.6. The number of rotatable bonds is 3. The van der Waals surface area contributed by atoms with Crippen LogP contribution in [-0.4, -0.2) is 51.1 Å². The summed E-state index contributed by atoms with van der Waals surface area (Å²) in [6.07, 6.45) is 1.12. The van der Waals surface area contributed by atoms with Crippen molar-refractivity contribution in [2.45, 2.75) is 38.0 Å². The first-order valence-electron chi connectivity index (χ1n) is 7.92. The van der Waals surface area contributed by atoms with Gasteiger partial charge in [0.05, 0.1) is 26.7 Å². The fourth-order valence-corrected chi connectivity index (χ4v) is 4.79. The summed E-state index contributed by atoms with van der Waals surface area (Å²) >= 11 is 7.48. The predicted octanol–water partition coefficient (Wildman–Crippen LogP) is 1.84. The van der Waals surface area contributed by atoms with E-state index in [1.54, 1.807) is 11.8 Å². The van der Waals surface area contributed by atoms with Crippen molar-refractivity contribution in [1.29, 1.82) is 0 Å². The number of carbonyl (C=O) groups excluding carboxylic acids is 2. The molecule has 1 aliphatic heterocycles. The molecule has 128 valence electrons. The molecule has 0 unspecified atom stereocenters. The number of hydrogen-bond donors (Lipinski definition) is 2. The molecule has 2 aromatic rings. The number of aliphatic hydroxyl groups is 1. The van der Waals surface area contributed by atoms with Crippen LogP contribution in [0, 0.1) is 0 Å². The third kappa shape index (κ3) is 2.70. The molecular formula is C16H18ClN3O3S. The Hall–Kier alpha value is -1.57. The summed E-state index contributed by atoms with van der Waals surface area (Å²) in [6, 6.07) is 3.73. The third-order valence-electron chi connectivity index (χ3n) is 4.73. The molecule has 2 N–H and O–H groups in total. The Kier molecular flexibility index (Phi) is 3.63. The minimum absolute atomic E-state index is 0.00346. The van der Waals surface area contributed by atoms with E-state index in [9.17, 15) is 14.7 Å². The Bertz CT molecular complexity index is 833. The molecule has 24 heavy (non-hydrogen) atoms. The maximum absolute atomic E-state index is 12.6. The van der Waals surface area contributed by atoms with Crippen molar-refractivity contribution in [2.75, 3.05) is 13.1 Å². The summed E-state index contributed by atoms with van der Waals surface area (Å²) < 4.78 is 3.67. The van der Waals surface area contributed by atoms with Gasteiger partial charge >= 0.3 is 0 Å². The number of hydrogen-bond acceptors (Lipinski definition) is 4. The van der Waals surface area contributed by atoms with Gasteiger partial charge in [-0.15, -0.1) is 11.3 Å². The second kappa shape index (κ2) is 5.47. The van der Waals surface area contributed by atoms with Crippen LogP contribution in [0.2, 0.25) is 4.34 Å². The van der Waals surface area contributed by atoms with E-state index in [0.29, 0.717) is 36.0 Å². The zero-order valence-corrected chi connectivity index (χ0v) is 14.8. The van der Waals surface area contributed by atoms with Crippen molar-refractivity contribution in [2.24, 2.45) is 0 Å². The van der Waals surface area contributed by atoms with Crippen LogP contribution in [0.25, 0.3) is 10.2 Å². The lowest BCUT2D eigenvalue weighted by atomic mass is 9.77. The number of nitrogens with zero attached hydrogens (tertiary/aromatic N) is 2. The molecule has 8 heteroatoms. The van der Waals surface area contributed by atoms with Gasteiger partial charge in [-0.2, -0.15) is 0 Å². The first-order chi connectivity index (χ1) is 11.3. The summed E-state index contributed by atoms with van der Waals surface area (Å²) in [7, 11) is 0. The number of aromatic nitrogens is 1. The van der Waals surface area contributed by atoms with Crippen LogP contribution in [0.1, 0.15) is 30.3 Å². The SMILES string of the molecule is CC1(O)CC(NC(=O)CN2CCn3c(cc4sc(Cl)cc43)C2=O)C1. The largest absolute Gasteiger partial charge is 0.390 e. The van der Waals surface area contributed by atoms with Gasteiger partial charge in [0.1, 0.15) is 5.69 Å². The normalized spacial score (nSPS) is 26.4. The van der Waals surface area contributed by atoms with Crippen molar-refractivity contribution < 1.29 is 14.7 Å². The molecule has 4 rings (SSSR count). The van der Waals surface area contributed by atoms with Gasteiger partial charge in [-0.25, -0.2) is 0 Å². The van der Waals surface area contributed by atoms with Crippen LogP contribution in [0.15, 0.2) is 12.1 Å². The first-order valence-corrected chi connectivity index (χ1v) is 9.11. The fourth-order valence-electron chi connectivity index (χ4n) is 3.62. The molecule has 1 fully saturated rings. The summed E-state index contributed by atoms with van der Waals surface area (Å²) in [5.41, 5.74) is 0.917. The standard InChI is InChI=1S/C16H18ClN3O3S/c1-16(23)6-9(7-16)18-14(21)8-19-2-3-20-10-5-13(17)24-12(10)4-11(20)15(19)22/h4-5,9,23H,2-3,6-8H2,1H3,(H,18,21). The molecule has 6 nitrogen and oxygen atoms in total. The molecule has 1 aliphatic carbocycles. The number of amides is 2. The number of thiophene rings is 1. The van der Waals surface area contributed by atoms with E-state index >= 15 is 0 Å². The Morgan fingerprint density at radius 2 is 2.21 bits per heavy atom. The fraction of sp³-hybridized carbons (Fsp3) is 0.500. The quantitative estimate of drug-likeness (QED) is 0.869. The maximum atomic E-state index is 12.6. The minimum Gasteiger partial charge on any atom is -0.390 e.